The van der Waals surface area contributed by atoms with Gasteiger partial charge in [-0.2, -0.15) is 0 Å². The normalized spacial score (nSPS) is 13.7. The molecule has 0 aliphatic carbocycles. The lowest BCUT2D eigenvalue weighted by Crippen LogP contribution is -2.10. The van der Waals surface area contributed by atoms with E-state index in [0.29, 0.717) is 12.4 Å². The molecule has 0 fully saturated rings. The number of fused-ring (bicyclic) bond motifs is 1. The average Bonchev–Trinajstić information content (AvgIpc) is 2.88. The van der Waals surface area contributed by atoms with Crippen molar-refractivity contribution >= 4 is 5.97 Å². The van der Waals surface area contributed by atoms with E-state index in [1.165, 1.54) is 12.1 Å². The van der Waals surface area contributed by atoms with Gasteiger partial charge in [-0.3, -0.25) is 0 Å². The number of benzene rings is 1. The minimum atomic E-state index is -1.25. The Hall–Kier alpha value is -2.37. The molecule has 0 spiro atoms. The highest BCUT2D eigenvalue weighted by molar-refractivity contribution is 5.86. The maximum absolute atomic E-state index is 14.0. The van der Waals surface area contributed by atoms with Crippen LogP contribution in [0.2, 0.25) is 0 Å². The van der Waals surface area contributed by atoms with Crippen molar-refractivity contribution in [3.8, 4) is 17.0 Å². The largest absolute Gasteiger partial charge is 0.492 e. The molecular weight excluding hydrogens is 253 g/mol. The number of aromatic nitrogens is 1. The Balaban J connectivity index is 2.15. The number of ether oxygens (including phenoxy) is 1. The quantitative estimate of drug-likeness (QED) is 0.901. The summed E-state index contributed by atoms with van der Waals surface area (Å²) in [6.07, 6.45) is 1.67. The van der Waals surface area contributed by atoms with Crippen molar-refractivity contribution in [3.05, 3.63) is 35.3 Å². The molecule has 3 rings (SSSR count). The van der Waals surface area contributed by atoms with Gasteiger partial charge in [0.05, 0.1) is 12.2 Å². The Labute approximate surface area is 107 Å². The number of hydrogen-bond donors (Lipinski definition) is 1. The molecule has 2 aromatic rings. The molecule has 5 nitrogen and oxygen atoms in total. The fourth-order valence-corrected chi connectivity index (χ4v) is 2.13. The van der Waals surface area contributed by atoms with Crippen LogP contribution >= 0.6 is 0 Å². The van der Waals surface area contributed by atoms with Crippen molar-refractivity contribution in [1.82, 2.24) is 5.16 Å². The number of carboxylic acid groups (broad SMARTS) is 1. The van der Waals surface area contributed by atoms with Gasteiger partial charge in [-0.25, -0.2) is 9.18 Å². The van der Waals surface area contributed by atoms with E-state index in [2.05, 4.69) is 9.68 Å². The molecule has 6 heteroatoms. The third kappa shape index (κ3) is 1.95. The minimum Gasteiger partial charge on any atom is -0.492 e. The van der Waals surface area contributed by atoms with Crippen molar-refractivity contribution in [2.45, 2.75) is 12.8 Å². The first-order valence-electron chi connectivity index (χ1n) is 5.81. The van der Waals surface area contributed by atoms with E-state index in [-0.39, 0.29) is 17.0 Å². The van der Waals surface area contributed by atoms with Gasteiger partial charge in [0.2, 0.25) is 5.76 Å². The number of rotatable bonds is 2. The second-order valence-electron chi connectivity index (χ2n) is 4.24. The predicted molar refractivity (Wildman–Crippen MR) is 62.7 cm³/mol. The fraction of sp³-hybridized carbons (Fsp3) is 0.231. The Morgan fingerprint density at radius 2 is 2.26 bits per heavy atom. The summed E-state index contributed by atoms with van der Waals surface area (Å²) in [6, 6.07) is 4.20. The molecule has 0 atom stereocenters. The van der Waals surface area contributed by atoms with E-state index in [1.54, 1.807) is 6.07 Å². The lowest BCUT2D eigenvalue weighted by molar-refractivity contribution is 0.0652. The van der Waals surface area contributed by atoms with Crippen LogP contribution in [-0.4, -0.2) is 22.8 Å². The summed E-state index contributed by atoms with van der Waals surface area (Å²) in [4.78, 5) is 10.8. The van der Waals surface area contributed by atoms with Crippen LogP contribution in [0.15, 0.2) is 22.7 Å². The van der Waals surface area contributed by atoms with Crippen LogP contribution < -0.4 is 4.74 Å². The van der Waals surface area contributed by atoms with E-state index in [9.17, 15) is 9.18 Å². The van der Waals surface area contributed by atoms with E-state index in [0.717, 1.165) is 18.4 Å². The van der Waals surface area contributed by atoms with Gasteiger partial charge in [-0.1, -0.05) is 11.2 Å². The van der Waals surface area contributed by atoms with Crippen molar-refractivity contribution in [3.63, 3.8) is 0 Å². The minimum absolute atomic E-state index is 0.133. The smallest absolute Gasteiger partial charge is 0.374 e. The van der Waals surface area contributed by atoms with E-state index >= 15 is 0 Å². The van der Waals surface area contributed by atoms with Crippen molar-refractivity contribution in [1.29, 1.82) is 0 Å². The summed E-state index contributed by atoms with van der Waals surface area (Å²) < 4.78 is 24.1. The monoisotopic (exact) mass is 263 g/mol. The number of carboxylic acids is 1. The zero-order valence-corrected chi connectivity index (χ0v) is 9.85. The first-order chi connectivity index (χ1) is 9.16. The molecule has 1 aromatic carbocycles. The van der Waals surface area contributed by atoms with Gasteiger partial charge < -0.3 is 14.4 Å². The van der Waals surface area contributed by atoms with Gasteiger partial charge in [0.15, 0.2) is 0 Å². The van der Waals surface area contributed by atoms with Crippen LogP contribution in [0.3, 0.4) is 0 Å². The number of nitrogens with zero attached hydrogens (tertiary/aromatic N) is 1. The lowest BCUT2D eigenvalue weighted by Gasteiger charge is -2.19. The van der Waals surface area contributed by atoms with Crippen molar-refractivity contribution < 1.29 is 23.6 Å². The summed E-state index contributed by atoms with van der Waals surface area (Å²) >= 11 is 0. The van der Waals surface area contributed by atoms with Crippen LogP contribution in [0.1, 0.15) is 22.5 Å². The molecule has 0 unspecified atom stereocenters. The molecule has 0 saturated heterocycles. The molecule has 0 bridgehead atoms. The lowest BCUT2D eigenvalue weighted by atomic mass is 10.00. The number of halogens is 1. The predicted octanol–water partition coefficient (Wildman–Crippen LogP) is 2.50. The molecule has 1 aromatic heterocycles. The number of aryl methyl sites for hydroxylation is 1. The third-order valence-electron chi connectivity index (χ3n) is 3.00. The topological polar surface area (TPSA) is 72.6 Å². The van der Waals surface area contributed by atoms with Gasteiger partial charge in [-0.15, -0.1) is 0 Å². The van der Waals surface area contributed by atoms with Crippen molar-refractivity contribution in [2.75, 3.05) is 6.61 Å². The molecule has 1 N–H and O–H groups in total. The van der Waals surface area contributed by atoms with Gasteiger partial charge in [0.25, 0.3) is 0 Å². The first-order valence-corrected chi connectivity index (χ1v) is 5.81. The Morgan fingerprint density at radius 3 is 3.00 bits per heavy atom. The number of aromatic carboxylic acids is 1. The summed E-state index contributed by atoms with van der Waals surface area (Å²) in [7, 11) is 0. The standard InChI is InChI=1S/C13H10FNO4/c14-8-4-3-7-2-1-5-18-12(7)11(8)9-6-10(13(16)17)19-15-9/h3-4,6H,1-2,5H2,(H,16,17). The first kappa shape index (κ1) is 11.7. The van der Waals surface area contributed by atoms with Gasteiger partial charge in [0.1, 0.15) is 17.3 Å². The third-order valence-corrected chi connectivity index (χ3v) is 3.00. The molecule has 2 heterocycles. The Kier molecular flexibility index (Phi) is 2.70. The van der Waals surface area contributed by atoms with Crippen LogP contribution in [0.25, 0.3) is 11.3 Å². The second kappa shape index (κ2) is 4.38. The second-order valence-corrected chi connectivity index (χ2v) is 4.24. The van der Waals surface area contributed by atoms with Crippen molar-refractivity contribution in [2.24, 2.45) is 0 Å². The molecule has 1 aliphatic rings. The van der Waals surface area contributed by atoms with Crippen LogP contribution in [0.4, 0.5) is 4.39 Å². The zero-order valence-electron chi connectivity index (χ0n) is 9.85. The van der Waals surface area contributed by atoms with Gasteiger partial charge in [-0.05, 0) is 24.5 Å². The van der Waals surface area contributed by atoms with Crippen LogP contribution in [0, 0.1) is 5.82 Å². The average molecular weight is 263 g/mol. The highest BCUT2D eigenvalue weighted by Gasteiger charge is 2.23. The molecule has 19 heavy (non-hydrogen) atoms. The van der Waals surface area contributed by atoms with Gasteiger partial charge >= 0.3 is 5.97 Å². The van der Waals surface area contributed by atoms with Crippen LogP contribution in [0.5, 0.6) is 5.75 Å². The molecule has 0 amide bonds. The summed E-state index contributed by atoms with van der Waals surface area (Å²) in [5.74, 6) is -1.66. The van der Waals surface area contributed by atoms with Crippen LogP contribution in [-0.2, 0) is 6.42 Å². The van der Waals surface area contributed by atoms with E-state index in [4.69, 9.17) is 9.84 Å². The summed E-state index contributed by atoms with van der Waals surface area (Å²) in [6.45, 7) is 0.507. The molecule has 0 radical (unpaired) electrons. The number of hydrogen-bond acceptors (Lipinski definition) is 4. The zero-order chi connectivity index (χ0) is 13.4. The SMILES string of the molecule is O=C(O)c1cc(-c2c(F)ccc3c2OCCC3)no1. The highest BCUT2D eigenvalue weighted by Crippen LogP contribution is 2.37. The molecule has 1 aliphatic heterocycles. The Morgan fingerprint density at radius 1 is 1.42 bits per heavy atom. The molecular formula is C13H10FNO4. The van der Waals surface area contributed by atoms with E-state index in [1.807, 2.05) is 0 Å². The molecule has 0 saturated carbocycles. The highest BCUT2D eigenvalue weighted by atomic mass is 19.1. The fourth-order valence-electron chi connectivity index (χ4n) is 2.13. The Bertz CT molecular complexity index is 650. The summed E-state index contributed by atoms with van der Waals surface area (Å²) in [5.41, 5.74) is 1.18. The number of carbonyl (C=O) groups is 1. The maximum Gasteiger partial charge on any atom is 0.374 e. The van der Waals surface area contributed by atoms with E-state index < -0.39 is 11.8 Å². The molecule has 98 valence electrons. The maximum atomic E-state index is 14.0. The summed E-state index contributed by atoms with van der Waals surface area (Å²) in [5, 5.41) is 12.4. The van der Waals surface area contributed by atoms with Gasteiger partial charge in [0, 0.05) is 6.07 Å².